The molecular weight excluding hydrogens is 386 g/mol. The van der Waals surface area contributed by atoms with E-state index in [1.807, 2.05) is 50.2 Å². The number of nitrogens with zero attached hydrogens (tertiary/aromatic N) is 5. The second kappa shape index (κ2) is 8.00. The first-order valence-corrected chi connectivity index (χ1v) is 10.1. The van der Waals surface area contributed by atoms with Crippen molar-refractivity contribution in [2.24, 2.45) is 0 Å². The molecule has 148 valence electrons. The Kier molecular flexibility index (Phi) is 5.26. The molecule has 3 aromatic heterocycles. The van der Waals surface area contributed by atoms with Gasteiger partial charge in [-0.1, -0.05) is 23.5 Å². The van der Waals surface area contributed by atoms with Crippen LogP contribution in [-0.2, 0) is 13.1 Å². The summed E-state index contributed by atoms with van der Waals surface area (Å²) in [4.78, 5) is 24.2. The van der Waals surface area contributed by atoms with Crippen molar-refractivity contribution >= 4 is 32.6 Å². The van der Waals surface area contributed by atoms with Gasteiger partial charge in [0.1, 0.15) is 17.0 Å². The van der Waals surface area contributed by atoms with Gasteiger partial charge in [-0.2, -0.15) is 5.10 Å². The highest BCUT2D eigenvalue weighted by molar-refractivity contribution is 7.22. The summed E-state index contributed by atoms with van der Waals surface area (Å²) in [6.07, 6.45) is 3.48. The molecule has 1 amide bonds. The predicted octanol–water partition coefficient (Wildman–Crippen LogP) is 4.07. The number of benzene rings is 1. The average molecular weight is 407 g/mol. The molecule has 0 unspecified atom stereocenters. The molecule has 0 N–H and O–H groups in total. The highest BCUT2D eigenvalue weighted by atomic mass is 32.1. The van der Waals surface area contributed by atoms with Crippen molar-refractivity contribution in [1.29, 1.82) is 0 Å². The minimum Gasteiger partial charge on any atom is -0.494 e. The summed E-state index contributed by atoms with van der Waals surface area (Å²) in [5, 5.41) is 5.03. The number of carbonyl (C=O) groups is 1. The number of anilines is 1. The Hall–Kier alpha value is -3.26. The number of aromatic nitrogens is 4. The molecule has 8 heteroatoms. The van der Waals surface area contributed by atoms with E-state index < -0.39 is 0 Å². The molecule has 0 aliphatic heterocycles. The van der Waals surface area contributed by atoms with Crippen molar-refractivity contribution < 1.29 is 9.53 Å². The summed E-state index contributed by atoms with van der Waals surface area (Å²) in [6.45, 7) is 4.83. The first-order chi connectivity index (χ1) is 14.1. The summed E-state index contributed by atoms with van der Waals surface area (Å²) in [5.74, 6) is 0.544. The van der Waals surface area contributed by atoms with Crippen molar-refractivity contribution in [1.82, 2.24) is 19.7 Å². The lowest BCUT2D eigenvalue weighted by Crippen LogP contribution is -2.32. The molecule has 1 aromatic carbocycles. The molecule has 7 nitrogen and oxygen atoms in total. The molecule has 0 saturated heterocycles. The Morgan fingerprint density at radius 1 is 1.28 bits per heavy atom. The van der Waals surface area contributed by atoms with E-state index in [4.69, 9.17) is 9.72 Å². The number of rotatable bonds is 6. The van der Waals surface area contributed by atoms with Crippen LogP contribution in [0.3, 0.4) is 0 Å². The van der Waals surface area contributed by atoms with E-state index >= 15 is 0 Å². The van der Waals surface area contributed by atoms with Crippen LogP contribution >= 0.6 is 11.3 Å². The third-order valence-corrected chi connectivity index (χ3v) is 5.59. The number of fused-ring (bicyclic) bond motifs is 1. The minimum atomic E-state index is -0.144. The second-order valence-corrected chi connectivity index (χ2v) is 7.55. The summed E-state index contributed by atoms with van der Waals surface area (Å²) in [7, 11) is 1.62. The van der Waals surface area contributed by atoms with Crippen molar-refractivity contribution in [3.63, 3.8) is 0 Å². The number of ether oxygens (including phenoxy) is 1. The standard InChI is InChI=1S/C21H21N5O2S/c1-4-26-16(11-14(2)24-26)20(27)25(13-15-7-6-10-22-12-15)21-23-19-17(28-3)8-5-9-18(19)29-21/h5-12H,4,13H2,1-3H3. The molecule has 0 spiro atoms. The Morgan fingerprint density at radius 2 is 2.14 bits per heavy atom. The number of thiazole rings is 1. The fraction of sp³-hybridized carbons (Fsp3) is 0.238. The van der Waals surface area contributed by atoms with E-state index in [0.717, 1.165) is 21.5 Å². The van der Waals surface area contributed by atoms with Gasteiger partial charge < -0.3 is 4.74 Å². The molecule has 0 fully saturated rings. The van der Waals surface area contributed by atoms with Crippen LogP contribution in [0, 0.1) is 6.92 Å². The Morgan fingerprint density at radius 3 is 2.86 bits per heavy atom. The van der Waals surface area contributed by atoms with Gasteiger partial charge in [0.2, 0.25) is 0 Å². The summed E-state index contributed by atoms with van der Waals surface area (Å²) >= 11 is 1.46. The fourth-order valence-corrected chi connectivity index (χ4v) is 4.17. The molecular formula is C21H21N5O2S. The molecule has 3 heterocycles. The lowest BCUT2D eigenvalue weighted by molar-refractivity contribution is 0.0975. The van der Waals surface area contributed by atoms with Crippen molar-refractivity contribution in [2.45, 2.75) is 26.9 Å². The van der Waals surface area contributed by atoms with Crippen LogP contribution in [0.2, 0.25) is 0 Å². The van der Waals surface area contributed by atoms with E-state index in [1.165, 1.54) is 11.3 Å². The van der Waals surface area contributed by atoms with Gasteiger partial charge in [-0.3, -0.25) is 19.4 Å². The van der Waals surface area contributed by atoms with Crippen LogP contribution < -0.4 is 9.64 Å². The van der Waals surface area contributed by atoms with Crippen LogP contribution in [0.5, 0.6) is 5.75 Å². The van der Waals surface area contributed by atoms with Gasteiger partial charge in [0.25, 0.3) is 5.91 Å². The minimum absolute atomic E-state index is 0.144. The molecule has 0 aliphatic carbocycles. The molecule has 4 rings (SSSR count). The monoisotopic (exact) mass is 407 g/mol. The van der Waals surface area contributed by atoms with Gasteiger partial charge in [-0.25, -0.2) is 4.98 Å². The zero-order valence-electron chi connectivity index (χ0n) is 16.5. The highest BCUT2D eigenvalue weighted by Gasteiger charge is 2.25. The van der Waals surface area contributed by atoms with Crippen molar-refractivity contribution in [3.05, 3.63) is 65.7 Å². The second-order valence-electron chi connectivity index (χ2n) is 6.54. The number of para-hydroxylation sites is 1. The average Bonchev–Trinajstić information content (AvgIpc) is 3.35. The zero-order chi connectivity index (χ0) is 20.4. The van der Waals surface area contributed by atoms with E-state index in [0.29, 0.717) is 29.7 Å². The quantitative estimate of drug-likeness (QED) is 0.482. The van der Waals surface area contributed by atoms with Gasteiger partial charge >= 0.3 is 0 Å². The number of aryl methyl sites for hydroxylation is 2. The summed E-state index contributed by atoms with van der Waals surface area (Å²) in [5.41, 5.74) is 3.02. The number of methoxy groups -OCH3 is 1. The SMILES string of the molecule is CCn1nc(C)cc1C(=O)N(Cc1cccnc1)c1nc2c(OC)cccc2s1. The smallest absolute Gasteiger partial charge is 0.278 e. The molecule has 0 atom stereocenters. The lowest BCUT2D eigenvalue weighted by Gasteiger charge is -2.20. The first-order valence-electron chi connectivity index (χ1n) is 9.29. The highest BCUT2D eigenvalue weighted by Crippen LogP contribution is 2.35. The molecule has 0 aliphatic rings. The maximum atomic E-state index is 13.6. The van der Waals surface area contributed by atoms with Gasteiger partial charge in [0.05, 0.1) is 24.0 Å². The summed E-state index contributed by atoms with van der Waals surface area (Å²) < 4.78 is 8.13. The van der Waals surface area contributed by atoms with Gasteiger partial charge in [-0.15, -0.1) is 0 Å². The fourth-order valence-electron chi connectivity index (χ4n) is 3.19. The number of pyridine rings is 1. The third kappa shape index (κ3) is 3.71. The number of hydrogen-bond acceptors (Lipinski definition) is 6. The van der Waals surface area contributed by atoms with Crippen LogP contribution in [0.4, 0.5) is 5.13 Å². The number of carbonyl (C=O) groups excluding carboxylic acids is 1. The maximum absolute atomic E-state index is 13.6. The van der Waals surface area contributed by atoms with Gasteiger partial charge in [0.15, 0.2) is 5.13 Å². The number of amides is 1. The normalized spacial score (nSPS) is 11.0. The van der Waals surface area contributed by atoms with E-state index in [2.05, 4.69) is 10.1 Å². The van der Waals surface area contributed by atoms with Crippen LogP contribution in [0.25, 0.3) is 10.2 Å². The molecule has 0 bridgehead atoms. The van der Waals surface area contributed by atoms with E-state index in [9.17, 15) is 4.79 Å². The third-order valence-electron chi connectivity index (χ3n) is 4.55. The van der Waals surface area contributed by atoms with E-state index in [-0.39, 0.29) is 5.91 Å². The molecule has 0 radical (unpaired) electrons. The van der Waals surface area contributed by atoms with Gasteiger partial charge in [0, 0.05) is 18.9 Å². The van der Waals surface area contributed by atoms with Crippen LogP contribution in [0.15, 0.2) is 48.8 Å². The Balaban J connectivity index is 1.81. The Labute approximate surface area is 172 Å². The van der Waals surface area contributed by atoms with Crippen LogP contribution in [-0.4, -0.2) is 32.8 Å². The molecule has 29 heavy (non-hydrogen) atoms. The molecule has 4 aromatic rings. The van der Waals surface area contributed by atoms with E-state index in [1.54, 1.807) is 29.1 Å². The molecule has 0 saturated carbocycles. The Bertz CT molecular complexity index is 1150. The predicted molar refractivity (Wildman–Crippen MR) is 114 cm³/mol. The largest absolute Gasteiger partial charge is 0.494 e. The van der Waals surface area contributed by atoms with Gasteiger partial charge in [-0.05, 0) is 43.7 Å². The summed E-state index contributed by atoms with van der Waals surface area (Å²) in [6, 6.07) is 11.4. The lowest BCUT2D eigenvalue weighted by atomic mass is 10.2. The van der Waals surface area contributed by atoms with Crippen LogP contribution in [0.1, 0.15) is 28.7 Å². The number of hydrogen-bond donors (Lipinski definition) is 0. The maximum Gasteiger partial charge on any atom is 0.278 e. The zero-order valence-corrected chi connectivity index (χ0v) is 17.3. The first kappa shape index (κ1) is 19.1. The van der Waals surface area contributed by atoms with Crippen molar-refractivity contribution in [3.8, 4) is 5.75 Å². The topological polar surface area (TPSA) is 73.1 Å². The van der Waals surface area contributed by atoms with Crippen molar-refractivity contribution in [2.75, 3.05) is 12.0 Å².